The van der Waals surface area contributed by atoms with Gasteiger partial charge in [0.05, 0.1) is 5.75 Å². The zero-order valence-corrected chi connectivity index (χ0v) is 12.8. The Bertz CT molecular complexity index is 598. The Labute approximate surface area is 128 Å². The van der Waals surface area contributed by atoms with Crippen molar-refractivity contribution in [1.82, 2.24) is 5.32 Å². The van der Waals surface area contributed by atoms with Gasteiger partial charge in [-0.2, -0.15) is 0 Å². The van der Waals surface area contributed by atoms with E-state index in [1.165, 1.54) is 29.5 Å². The van der Waals surface area contributed by atoms with Crippen molar-refractivity contribution >= 4 is 17.7 Å². The highest BCUT2D eigenvalue weighted by Gasteiger charge is 2.02. The van der Waals surface area contributed by atoms with Crippen molar-refractivity contribution in [2.75, 3.05) is 5.75 Å². The summed E-state index contributed by atoms with van der Waals surface area (Å²) in [6, 6.07) is 14.4. The predicted molar refractivity (Wildman–Crippen MR) is 85.6 cm³/mol. The van der Waals surface area contributed by atoms with Gasteiger partial charge < -0.3 is 5.32 Å². The molecule has 0 heterocycles. The van der Waals surface area contributed by atoms with Crippen LogP contribution in [0.1, 0.15) is 16.7 Å². The molecule has 2 aromatic carbocycles. The molecule has 4 heteroatoms. The van der Waals surface area contributed by atoms with Crippen LogP contribution < -0.4 is 5.32 Å². The summed E-state index contributed by atoms with van der Waals surface area (Å²) < 4.78 is 12.8. The maximum Gasteiger partial charge on any atom is 0.230 e. The average Bonchev–Trinajstić information content (AvgIpc) is 2.47. The van der Waals surface area contributed by atoms with Crippen LogP contribution >= 0.6 is 11.8 Å². The molecule has 0 aliphatic rings. The second kappa shape index (κ2) is 7.84. The largest absolute Gasteiger partial charge is 0.351 e. The molecule has 0 fully saturated rings. The van der Waals surface area contributed by atoms with Crippen molar-refractivity contribution in [3.8, 4) is 0 Å². The van der Waals surface area contributed by atoms with Crippen molar-refractivity contribution in [3.05, 3.63) is 71.0 Å². The molecule has 0 saturated heterocycles. The molecule has 2 nitrogen and oxygen atoms in total. The molecule has 0 aromatic heterocycles. The number of thioether (sulfide) groups is 1. The lowest BCUT2D eigenvalue weighted by molar-refractivity contribution is -0.118. The molecule has 2 rings (SSSR count). The van der Waals surface area contributed by atoms with Crippen LogP contribution in [0, 0.1) is 12.7 Å². The van der Waals surface area contributed by atoms with Gasteiger partial charge in [0.25, 0.3) is 0 Å². The molecule has 21 heavy (non-hydrogen) atoms. The second-order valence-electron chi connectivity index (χ2n) is 4.89. The number of halogens is 1. The van der Waals surface area contributed by atoms with Crippen LogP contribution in [0.15, 0.2) is 48.5 Å². The number of carbonyl (C=O) groups excluding carboxylic acids is 1. The summed E-state index contributed by atoms with van der Waals surface area (Å²) in [6.07, 6.45) is 0. The number of rotatable bonds is 6. The van der Waals surface area contributed by atoms with Crippen LogP contribution in [-0.4, -0.2) is 11.7 Å². The molecule has 0 aliphatic heterocycles. The van der Waals surface area contributed by atoms with Crippen molar-refractivity contribution < 1.29 is 9.18 Å². The van der Waals surface area contributed by atoms with Gasteiger partial charge in [-0.15, -0.1) is 11.8 Å². The summed E-state index contributed by atoms with van der Waals surface area (Å²) in [5, 5.41) is 2.90. The Balaban J connectivity index is 1.69. The molecule has 2 aromatic rings. The molecule has 110 valence electrons. The number of benzene rings is 2. The van der Waals surface area contributed by atoms with Crippen molar-refractivity contribution in [2.45, 2.75) is 19.2 Å². The number of hydrogen-bond acceptors (Lipinski definition) is 2. The lowest BCUT2D eigenvalue weighted by Crippen LogP contribution is -2.24. The third kappa shape index (κ3) is 5.60. The lowest BCUT2D eigenvalue weighted by Gasteiger charge is -2.06. The highest BCUT2D eigenvalue weighted by atomic mass is 32.2. The minimum absolute atomic E-state index is 0.0172. The fourth-order valence-corrected chi connectivity index (χ4v) is 2.73. The topological polar surface area (TPSA) is 29.1 Å². The molecule has 0 saturated carbocycles. The van der Waals surface area contributed by atoms with Gasteiger partial charge in [-0.25, -0.2) is 4.39 Å². The van der Waals surface area contributed by atoms with E-state index in [1.54, 1.807) is 12.1 Å². The summed E-state index contributed by atoms with van der Waals surface area (Å²) in [5.74, 6) is 0.893. The molecule has 0 bridgehead atoms. The van der Waals surface area contributed by atoms with E-state index in [2.05, 4.69) is 11.4 Å². The first-order valence-electron chi connectivity index (χ1n) is 6.78. The third-order valence-corrected chi connectivity index (χ3v) is 3.99. The van der Waals surface area contributed by atoms with E-state index in [0.29, 0.717) is 18.1 Å². The fraction of sp³-hybridized carbons (Fsp3) is 0.235. The van der Waals surface area contributed by atoms with E-state index in [0.717, 1.165) is 11.1 Å². The first kappa shape index (κ1) is 15.6. The predicted octanol–water partition coefficient (Wildman–Crippen LogP) is 3.68. The molecule has 0 spiro atoms. The van der Waals surface area contributed by atoms with E-state index >= 15 is 0 Å². The van der Waals surface area contributed by atoms with Crippen LogP contribution in [0.2, 0.25) is 0 Å². The highest BCUT2D eigenvalue weighted by molar-refractivity contribution is 7.99. The molecular weight excluding hydrogens is 285 g/mol. The first-order valence-corrected chi connectivity index (χ1v) is 7.93. The van der Waals surface area contributed by atoms with E-state index in [-0.39, 0.29) is 11.7 Å². The summed E-state index contributed by atoms with van der Waals surface area (Å²) in [7, 11) is 0. The summed E-state index contributed by atoms with van der Waals surface area (Å²) >= 11 is 1.52. The van der Waals surface area contributed by atoms with Gasteiger partial charge in [0, 0.05) is 12.3 Å². The van der Waals surface area contributed by atoms with Gasteiger partial charge in [-0.3, -0.25) is 4.79 Å². The minimum atomic E-state index is -0.236. The van der Waals surface area contributed by atoms with Crippen LogP contribution in [0.5, 0.6) is 0 Å². The van der Waals surface area contributed by atoms with Crippen LogP contribution in [0.3, 0.4) is 0 Å². The maximum absolute atomic E-state index is 12.8. The van der Waals surface area contributed by atoms with Gasteiger partial charge in [0.1, 0.15) is 5.82 Å². The number of nitrogens with one attached hydrogen (secondary N) is 1. The quantitative estimate of drug-likeness (QED) is 0.882. The zero-order chi connectivity index (χ0) is 15.1. The number of aryl methyl sites for hydroxylation is 1. The standard InChI is InChI=1S/C17H18FNOS/c1-13-3-2-4-15(9-13)10-19-17(20)12-21-11-14-5-7-16(18)8-6-14/h2-9H,10-12H2,1H3,(H,19,20). The van der Waals surface area contributed by atoms with Crippen LogP contribution in [0.25, 0.3) is 0 Å². The minimum Gasteiger partial charge on any atom is -0.351 e. The van der Waals surface area contributed by atoms with E-state index < -0.39 is 0 Å². The average molecular weight is 303 g/mol. The van der Waals surface area contributed by atoms with Crippen molar-refractivity contribution in [3.63, 3.8) is 0 Å². The lowest BCUT2D eigenvalue weighted by atomic mass is 10.1. The second-order valence-corrected chi connectivity index (χ2v) is 5.87. The number of hydrogen-bond donors (Lipinski definition) is 1. The third-order valence-electron chi connectivity index (χ3n) is 2.99. The van der Waals surface area contributed by atoms with Gasteiger partial charge >= 0.3 is 0 Å². The van der Waals surface area contributed by atoms with Crippen LogP contribution in [-0.2, 0) is 17.1 Å². The summed E-state index contributed by atoms with van der Waals surface area (Å²) in [6.45, 7) is 2.58. The van der Waals surface area contributed by atoms with Gasteiger partial charge in [0.15, 0.2) is 0 Å². The smallest absolute Gasteiger partial charge is 0.230 e. The Morgan fingerprint density at radius 3 is 2.62 bits per heavy atom. The van der Waals surface area contributed by atoms with Crippen molar-refractivity contribution in [2.24, 2.45) is 0 Å². The summed E-state index contributed by atoms with van der Waals surface area (Å²) in [5.41, 5.74) is 3.31. The first-order chi connectivity index (χ1) is 10.1. The Morgan fingerprint density at radius 2 is 1.90 bits per heavy atom. The van der Waals surface area contributed by atoms with Crippen LogP contribution in [0.4, 0.5) is 4.39 Å². The zero-order valence-electron chi connectivity index (χ0n) is 11.9. The van der Waals surface area contributed by atoms with Gasteiger partial charge in [-0.1, -0.05) is 42.0 Å². The highest BCUT2D eigenvalue weighted by Crippen LogP contribution is 2.12. The monoisotopic (exact) mass is 303 g/mol. The Hall–Kier alpha value is -1.81. The van der Waals surface area contributed by atoms with Crippen molar-refractivity contribution in [1.29, 1.82) is 0 Å². The molecule has 0 atom stereocenters. The number of amides is 1. The molecule has 1 N–H and O–H groups in total. The molecular formula is C17H18FNOS. The molecule has 0 aliphatic carbocycles. The van der Waals surface area contributed by atoms with Gasteiger partial charge in [0.2, 0.25) is 5.91 Å². The molecule has 0 radical (unpaired) electrons. The normalized spacial score (nSPS) is 10.4. The SMILES string of the molecule is Cc1cccc(CNC(=O)CSCc2ccc(F)cc2)c1. The summed E-state index contributed by atoms with van der Waals surface area (Å²) in [4.78, 5) is 11.8. The Morgan fingerprint density at radius 1 is 1.14 bits per heavy atom. The van der Waals surface area contributed by atoms with E-state index in [9.17, 15) is 9.18 Å². The number of carbonyl (C=O) groups is 1. The molecule has 0 unspecified atom stereocenters. The fourth-order valence-electron chi connectivity index (χ4n) is 1.92. The molecule has 1 amide bonds. The van der Waals surface area contributed by atoms with E-state index in [4.69, 9.17) is 0 Å². The van der Waals surface area contributed by atoms with E-state index in [1.807, 2.05) is 25.1 Å². The van der Waals surface area contributed by atoms with Gasteiger partial charge in [-0.05, 0) is 30.2 Å². The maximum atomic E-state index is 12.8. The Kier molecular flexibility index (Phi) is 5.81.